The molecule has 1 N–H and O–H groups in total. The summed E-state index contributed by atoms with van der Waals surface area (Å²) in [5.41, 5.74) is 2.11. The lowest BCUT2D eigenvalue weighted by molar-refractivity contribution is 0.159. The first-order chi connectivity index (χ1) is 14.2. The van der Waals surface area contributed by atoms with Crippen LogP contribution in [0.15, 0.2) is 47.5 Å². The van der Waals surface area contributed by atoms with Crippen LogP contribution in [0.3, 0.4) is 0 Å². The van der Waals surface area contributed by atoms with E-state index >= 15 is 0 Å². The van der Waals surface area contributed by atoms with Gasteiger partial charge in [-0.25, -0.2) is 9.18 Å². The first-order valence-electron chi connectivity index (χ1n) is 9.62. The van der Waals surface area contributed by atoms with Gasteiger partial charge in [0.1, 0.15) is 5.82 Å². The number of unbranched alkanes of at least 4 members (excludes halogenated alkanes) is 4. The van der Waals surface area contributed by atoms with Gasteiger partial charge >= 0.3 is 6.09 Å². The minimum Gasteiger partial charge on any atom is -0.449 e. The summed E-state index contributed by atoms with van der Waals surface area (Å²) in [4.78, 5) is 16.1. The van der Waals surface area contributed by atoms with E-state index in [-0.39, 0.29) is 0 Å². The van der Waals surface area contributed by atoms with Crippen molar-refractivity contribution in [2.24, 2.45) is 0 Å². The number of benzene rings is 1. The fourth-order valence-corrected chi connectivity index (χ4v) is 2.87. The number of hydrogen-bond donors (Lipinski definition) is 1. The second kappa shape index (κ2) is 10.3. The normalized spacial score (nSPS) is 10.7. The Morgan fingerprint density at radius 3 is 2.69 bits per heavy atom. The Hall–Kier alpha value is -3.29. The molecule has 0 aliphatic heterocycles. The number of amides is 1. The zero-order chi connectivity index (χ0) is 20.5. The van der Waals surface area contributed by atoms with Crippen molar-refractivity contribution < 1.29 is 18.3 Å². The maximum Gasteiger partial charge on any atom is 0.411 e. The number of hydrogen-bond acceptors (Lipinski definition) is 6. The van der Waals surface area contributed by atoms with Gasteiger partial charge in [-0.1, -0.05) is 32.6 Å². The number of halogens is 1. The Kier molecular flexibility index (Phi) is 7.27. The van der Waals surface area contributed by atoms with E-state index in [4.69, 9.17) is 9.15 Å². The largest absolute Gasteiger partial charge is 0.449 e. The van der Waals surface area contributed by atoms with E-state index in [9.17, 15) is 9.18 Å². The molecule has 3 rings (SSSR count). The predicted molar refractivity (Wildman–Crippen MR) is 107 cm³/mol. The van der Waals surface area contributed by atoms with Crippen LogP contribution in [-0.4, -0.2) is 27.9 Å². The molecule has 2 aromatic heterocycles. The van der Waals surface area contributed by atoms with Crippen LogP contribution in [-0.2, 0) is 4.74 Å². The Labute approximate surface area is 168 Å². The Morgan fingerprint density at radius 2 is 1.90 bits per heavy atom. The van der Waals surface area contributed by atoms with Gasteiger partial charge in [-0.3, -0.25) is 10.3 Å². The lowest BCUT2D eigenvalue weighted by Gasteiger charge is -2.09. The number of rotatable bonds is 9. The highest BCUT2D eigenvalue weighted by Gasteiger charge is 2.10. The third-order valence-corrected chi connectivity index (χ3v) is 4.30. The molecule has 0 aliphatic rings. The molecule has 0 atom stereocenters. The first-order valence-corrected chi connectivity index (χ1v) is 9.62. The molecule has 3 aromatic rings. The Balaban J connectivity index is 1.64. The molecule has 29 heavy (non-hydrogen) atoms. The summed E-state index contributed by atoms with van der Waals surface area (Å²) < 4.78 is 24.4. The summed E-state index contributed by atoms with van der Waals surface area (Å²) in [6.07, 6.45) is 9.10. The summed E-state index contributed by atoms with van der Waals surface area (Å²) in [7, 11) is 0. The minimum atomic E-state index is -0.602. The van der Waals surface area contributed by atoms with Crippen molar-refractivity contribution in [2.45, 2.75) is 39.0 Å². The summed E-state index contributed by atoms with van der Waals surface area (Å²) in [5.74, 6) is -0.169. The number of nitrogens with zero attached hydrogens (tertiary/aromatic N) is 3. The van der Waals surface area contributed by atoms with Crippen molar-refractivity contribution in [3.8, 4) is 22.6 Å². The number of nitrogens with one attached hydrogen (secondary N) is 1. The summed E-state index contributed by atoms with van der Waals surface area (Å²) in [5, 5.41) is 10.1. The van der Waals surface area contributed by atoms with E-state index in [1.54, 1.807) is 24.5 Å². The lowest BCUT2D eigenvalue weighted by Crippen LogP contribution is -2.14. The fraction of sp³-hybridized carbons (Fsp3) is 0.333. The minimum absolute atomic E-state index is 0.305. The van der Waals surface area contributed by atoms with Crippen LogP contribution >= 0.6 is 0 Å². The van der Waals surface area contributed by atoms with Gasteiger partial charge in [-0.05, 0) is 36.2 Å². The van der Waals surface area contributed by atoms with Gasteiger partial charge in [-0.15, -0.1) is 10.2 Å². The monoisotopic (exact) mass is 398 g/mol. The second-order valence-electron chi connectivity index (χ2n) is 6.61. The molecule has 2 heterocycles. The number of pyridine rings is 1. The van der Waals surface area contributed by atoms with E-state index in [0.717, 1.165) is 25.7 Å². The van der Waals surface area contributed by atoms with Crippen molar-refractivity contribution in [1.29, 1.82) is 0 Å². The molecule has 1 amide bonds. The molecule has 1 aromatic carbocycles. The van der Waals surface area contributed by atoms with Gasteiger partial charge in [-0.2, -0.15) is 0 Å². The summed E-state index contributed by atoms with van der Waals surface area (Å²) >= 11 is 0. The standard InChI is InChI=1S/C21H23FN4O3/c1-2-3-4-5-6-7-28-21(27)25-19-10-15(9-18(22)11-19)16-8-17(13-23-12-16)20-26-24-14-29-20/h8-14H,2-7H2,1H3,(H,25,27). The third-order valence-electron chi connectivity index (χ3n) is 4.30. The Bertz CT molecular complexity index is 931. The van der Waals surface area contributed by atoms with Gasteiger partial charge in [0.25, 0.3) is 0 Å². The molecule has 0 bridgehead atoms. The van der Waals surface area contributed by atoms with Gasteiger partial charge in [0, 0.05) is 23.6 Å². The average molecular weight is 398 g/mol. The summed E-state index contributed by atoms with van der Waals surface area (Å²) in [6, 6.07) is 6.01. The molecule has 0 unspecified atom stereocenters. The van der Waals surface area contributed by atoms with E-state index in [1.165, 1.54) is 24.9 Å². The number of carbonyl (C=O) groups is 1. The number of anilines is 1. The van der Waals surface area contributed by atoms with Crippen molar-refractivity contribution in [1.82, 2.24) is 15.2 Å². The predicted octanol–water partition coefficient (Wildman–Crippen LogP) is 5.46. The van der Waals surface area contributed by atoms with E-state index in [2.05, 4.69) is 27.4 Å². The highest BCUT2D eigenvalue weighted by molar-refractivity contribution is 5.86. The molecule has 0 aliphatic carbocycles. The van der Waals surface area contributed by atoms with E-state index in [1.807, 2.05) is 0 Å². The number of ether oxygens (including phenoxy) is 1. The second-order valence-corrected chi connectivity index (χ2v) is 6.61. The number of aromatic nitrogens is 3. The first kappa shape index (κ1) is 20.4. The highest BCUT2D eigenvalue weighted by Crippen LogP contribution is 2.27. The molecule has 0 saturated carbocycles. The number of carbonyl (C=O) groups excluding carboxylic acids is 1. The average Bonchev–Trinajstić information content (AvgIpc) is 3.25. The van der Waals surface area contributed by atoms with Gasteiger partial charge in [0.05, 0.1) is 12.2 Å². The lowest BCUT2D eigenvalue weighted by atomic mass is 10.0. The van der Waals surface area contributed by atoms with Crippen LogP contribution in [0, 0.1) is 5.82 Å². The molecule has 8 heteroatoms. The molecule has 7 nitrogen and oxygen atoms in total. The maximum absolute atomic E-state index is 14.1. The van der Waals surface area contributed by atoms with Crippen LogP contribution in [0.2, 0.25) is 0 Å². The van der Waals surface area contributed by atoms with Crippen molar-refractivity contribution in [2.75, 3.05) is 11.9 Å². The topological polar surface area (TPSA) is 90.1 Å². The van der Waals surface area contributed by atoms with E-state index < -0.39 is 11.9 Å². The van der Waals surface area contributed by atoms with Gasteiger partial charge < -0.3 is 9.15 Å². The fourth-order valence-electron chi connectivity index (χ4n) is 2.87. The SMILES string of the molecule is CCCCCCCOC(=O)Nc1cc(F)cc(-c2cncc(-c3nnco3)c2)c1. The maximum atomic E-state index is 14.1. The van der Waals surface area contributed by atoms with Crippen molar-refractivity contribution >= 4 is 11.8 Å². The zero-order valence-electron chi connectivity index (χ0n) is 16.2. The quantitative estimate of drug-likeness (QED) is 0.482. The smallest absolute Gasteiger partial charge is 0.411 e. The Morgan fingerprint density at radius 1 is 1.07 bits per heavy atom. The zero-order valence-corrected chi connectivity index (χ0v) is 16.2. The van der Waals surface area contributed by atoms with E-state index in [0.29, 0.717) is 34.9 Å². The molecular formula is C21H23FN4O3. The molecular weight excluding hydrogens is 375 g/mol. The summed E-state index contributed by atoms with van der Waals surface area (Å²) in [6.45, 7) is 2.49. The van der Waals surface area contributed by atoms with Crippen LogP contribution in [0.25, 0.3) is 22.6 Å². The van der Waals surface area contributed by atoms with Gasteiger partial charge in [0.2, 0.25) is 12.3 Å². The van der Waals surface area contributed by atoms with Crippen LogP contribution in [0.5, 0.6) is 0 Å². The molecule has 0 spiro atoms. The van der Waals surface area contributed by atoms with Crippen LogP contribution in [0.4, 0.5) is 14.9 Å². The van der Waals surface area contributed by atoms with Crippen molar-refractivity contribution in [3.05, 3.63) is 48.9 Å². The van der Waals surface area contributed by atoms with Gasteiger partial charge in [0.15, 0.2) is 0 Å². The molecule has 0 saturated heterocycles. The molecule has 152 valence electrons. The third kappa shape index (κ3) is 6.10. The van der Waals surface area contributed by atoms with Crippen LogP contribution in [0.1, 0.15) is 39.0 Å². The van der Waals surface area contributed by atoms with Crippen LogP contribution < -0.4 is 5.32 Å². The molecule has 0 fully saturated rings. The van der Waals surface area contributed by atoms with Crippen molar-refractivity contribution in [3.63, 3.8) is 0 Å². The molecule has 0 radical (unpaired) electrons. The highest BCUT2D eigenvalue weighted by atomic mass is 19.1.